The zero-order valence-electron chi connectivity index (χ0n) is 16.2. The smallest absolute Gasteiger partial charge is 0.191 e. The minimum Gasteiger partial charge on any atom is -0.497 e. The zero-order chi connectivity index (χ0) is 18.2. The van der Waals surface area contributed by atoms with E-state index in [1.165, 1.54) is 5.56 Å². The van der Waals surface area contributed by atoms with Crippen molar-refractivity contribution in [1.82, 2.24) is 10.6 Å². The topological polar surface area (TPSA) is 58.8 Å². The van der Waals surface area contributed by atoms with E-state index in [2.05, 4.69) is 41.6 Å². The first-order chi connectivity index (χ1) is 12.0. The second-order valence-corrected chi connectivity index (χ2v) is 6.28. The van der Waals surface area contributed by atoms with Crippen molar-refractivity contribution in [3.63, 3.8) is 0 Å². The van der Waals surface area contributed by atoms with Gasteiger partial charge in [0.15, 0.2) is 5.96 Å². The molecule has 2 unspecified atom stereocenters. The lowest BCUT2D eigenvalue weighted by molar-refractivity contribution is 0.414. The van der Waals surface area contributed by atoms with Crippen LogP contribution in [0.1, 0.15) is 49.3 Å². The van der Waals surface area contributed by atoms with Gasteiger partial charge < -0.3 is 19.8 Å². The summed E-state index contributed by atoms with van der Waals surface area (Å²) >= 11 is 0. The van der Waals surface area contributed by atoms with Crippen molar-refractivity contribution in [1.29, 1.82) is 0 Å². The van der Waals surface area contributed by atoms with Crippen molar-refractivity contribution >= 4 is 29.9 Å². The van der Waals surface area contributed by atoms with Gasteiger partial charge >= 0.3 is 0 Å². The molecule has 1 heterocycles. The lowest BCUT2D eigenvalue weighted by atomic mass is 9.98. The molecule has 26 heavy (non-hydrogen) atoms. The van der Waals surface area contributed by atoms with E-state index in [0.29, 0.717) is 5.92 Å². The molecule has 0 fully saturated rings. The van der Waals surface area contributed by atoms with E-state index in [-0.39, 0.29) is 30.0 Å². The highest BCUT2D eigenvalue weighted by atomic mass is 127. The molecule has 144 valence electrons. The molecule has 1 aromatic heterocycles. The monoisotopic (exact) mass is 471 g/mol. The number of nitrogens with one attached hydrogen (secondary N) is 2. The fourth-order valence-corrected chi connectivity index (χ4v) is 2.66. The number of aryl methyl sites for hydroxylation is 1. The highest BCUT2D eigenvalue weighted by Crippen LogP contribution is 2.21. The normalized spacial score (nSPS) is 13.5. The Morgan fingerprint density at radius 2 is 1.85 bits per heavy atom. The third-order valence-corrected chi connectivity index (χ3v) is 4.32. The summed E-state index contributed by atoms with van der Waals surface area (Å²) in [5.74, 6) is 3.96. The SMILES string of the molecule is CN=C(NCCC(C)c1ccc(OC)cc1)NC(C)c1ccc(C)o1.I. The van der Waals surface area contributed by atoms with Crippen LogP contribution >= 0.6 is 24.0 Å². The van der Waals surface area contributed by atoms with Crippen molar-refractivity contribution in [2.75, 3.05) is 20.7 Å². The summed E-state index contributed by atoms with van der Waals surface area (Å²) in [5.41, 5.74) is 1.31. The molecule has 2 aromatic rings. The highest BCUT2D eigenvalue weighted by molar-refractivity contribution is 14.0. The summed E-state index contributed by atoms with van der Waals surface area (Å²) in [6.45, 7) is 7.08. The second-order valence-electron chi connectivity index (χ2n) is 6.28. The Bertz CT molecular complexity index is 683. The van der Waals surface area contributed by atoms with E-state index in [4.69, 9.17) is 9.15 Å². The van der Waals surface area contributed by atoms with Gasteiger partial charge in [0.25, 0.3) is 0 Å². The van der Waals surface area contributed by atoms with E-state index in [9.17, 15) is 0 Å². The maximum absolute atomic E-state index is 5.65. The molecule has 2 atom stereocenters. The molecule has 0 amide bonds. The standard InChI is InChI=1S/C20H29N3O2.HI/c1-14(17-7-9-18(24-5)10-8-17)12-13-22-20(21-4)23-16(3)19-11-6-15(2)25-19;/h6-11,14,16H,12-13H2,1-5H3,(H2,21,22,23);1H. The Balaban J connectivity index is 0.00000338. The number of methoxy groups -OCH3 is 1. The lowest BCUT2D eigenvalue weighted by Crippen LogP contribution is -2.39. The van der Waals surface area contributed by atoms with Gasteiger partial charge in [0.05, 0.1) is 13.2 Å². The minimum atomic E-state index is 0. The van der Waals surface area contributed by atoms with E-state index in [1.807, 2.05) is 31.2 Å². The fraction of sp³-hybridized carbons (Fsp3) is 0.450. The number of rotatable bonds is 7. The van der Waals surface area contributed by atoms with E-state index in [0.717, 1.165) is 36.2 Å². The van der Waals surface area contributed by atoms with Crippen molar-refractivity contribution in [3.05, 3.63) is 53.5 Å². The first kappa shape index (κ1) is 22.3. The quantitative estimate of drug-likeness (QED) is 0.351. The van der Waals surface area contributed by atoms with E-state index < -0.39 is 0 Å². The molecular formula is C20H30IN3O2. The van der Waals surface area contributed by atoms with Gasteiger partial charge in [-0.2, -0.15) is 0 Å². The van der Waals surface area contributed by atoms with Crippen molar-refractivity contribution < 1.29 is 9.15 Å². The summed E-state index contributed by atoms with van der Waals surface area (Å²) in [7, 11) is 3.47. The maximum atomic E-state index is 5.65. The fourth-order valence-electron chi connectivity index (χ4n) is 2.66. The lowest BCUT2D eigenvalue weighted by Gasteiger charge is -2.18. The van der Waals surface area contributed by atoms with Crippen LogP contribution in [0.25, 0.3) is 0 Å². The van der Waals surface area contributed by atoms with Crippen LogP contribution in [-0.2, 0) is 0 Å². The molecule has 5 nitrogen and oxygen atoms in total. The van der Waals surface area contributed by atoms with Gasteiger partial charge in [0, 0.05) is 13.6 Å². The average molecular weight is 471 g/mol. The Kier molecular flexibility index (Phi) is 9.54. The van der Waals surface area contributed by atoms with E-state index in [1.54, 1.807) is 14.2 Å². The van der Waals surface area contributed by atoms with Gasteiger partial charge in [-0.3, -0.25) is 4.99 Å². The minimum absolute atomic E-state index is 0. The van der Waals surface area contributed by atoms with Gasteiger partial charge in [-0.05, 0) is 56.0 Å². The number of benzene rings is 1. The number of hydrogen-bond donors (Lipinski definition) is 2. The number of aliphatic imine (C=N–C) groups is 1. The van der Waals surface area contributed by atoms with Crippen LogP contribution in [0.2, 0.25) is 0 Å². The molecule has 0 radical (unpaired) electrons. The van der Waals surface area contributed by atoms with Crippen LogP contribution in [0.5, 0.6) is 5.75 Å². The van der Waals surface area contributed by atoms with Gasteiger partial charge in [-0.25, -0.2) is 0 Å². The summed E-state index contributed by atoms with van der Waals surface area (Å²) in [4.78, 5) is 4.29. The van der Waals surface area contributed by atoms with Crippen LogP contribution in [0.15, 0.2) is 45.8 Å². The third kappa shape index (κ3) is 6.55. The highest BCUT2D eigenvalue weighted by Gasteiger charge is 2.12. The summed E-state index contributed by atoms with van der Waals surface area (Å²) in [6, 6.07) is 12.3. The number of hydrogen-bond acceptors (Lipinski definition) is 3. The molecule has 0 spiro atoms. The first-order valence-electron chi connectivity index (χ1n) is 8.71. The molecule has 2 rings (SSSR count). The summed E-state index contributed by atoms with van der Waals surface area (Å²) < 4.78 is 10.9. The molecule has 0 saturated heterocycles. The van der Waals surface area contributed by atoms with Crippen molar-refractivity contribution in [2.45, 2.75) is 39.2 Å². The maximum Gasteiger partial charge on any atom is 0.191 e. The van der Waals surface area contributed by atoms with Crippen LogP contribution in [0.3, 0.4) is 0 Å². The zero-order valence-corrected chi connectivity index (χ0v) is 18.5. The molecule has 6 heteroatoms. The average Bonchev–Trinajstić information content (AvgIpc) is 3.07. The van der Waals surface area contributed by atoms with Gasteiger partial charge in [0.1, 0.15) is 17.3 Å². The van der Waals surface area contributed by atoms with Gasteiger partial charge in [-0.15, -0.1) is 24.0 Å². The Hall–Kier alpha value is -1.70. The van der Waals surface area contributed by atoms with Crippen LogP contribution in [0.4, 0.5) is 0 Å². The Morgan fingerprint density at radius 1 is 1.15 bits per heavy atom. The number of guanidine groups is 1. The molecule has 0 bridgehead atoms. The second kappa shape index (κ2) is 11.1. The number of furan rings is 1. The van der Waals surface area contributed by atoms with Crippen molar-refractivity contribution in [3.8, 4) is 5.75 Å². The summed E-state index contributed by atoms with van der Waals surface area (Å²) in [5, 5.41) is 6.73. The first-order valence-corrected chi connectivity index (χ1v) is 8.71. The van der Waals surface area contributed by atoms with Crippen LogP contribution < -0.4 is 15.4 Å². The summed E-state index contributed by atoms with van der Waals surface area (Å²) in [6.07, 6.45) is 1.02. The van der Waals surface area contributed by atoms with Gasteiger partial charge in [-0.1, -0.05) is 19.1 Å². The molecule has 0 aliphatic rings. The van der Waals surface area contributed by atoms with Gasteiger partial charge in [0.2, 0.25) is 0 Å². The predicted octanol–water partition coefficient (Wildman–Crippen LogP) is 4.63. The van der Waals surface area contributed by atoms with Crippen LogP contribution in [0, 0.1) is 6.92 Å². The molecule has 0 aliphatic heterocycles. The molecule has 0 aliphatic carbocycles. The van der Waals surface area contributed by atoms with E-state index >= 15 is 0 Å². The number of halogens is 1. The molecule has 2 N–H and O–H groups in total. The number of ether oxygens (including phenoxy) is 1. The third-order valence-electron chi connectivity index (χ3n) is 4.32. The molecular weight excluding hydrogens is 441 g/mol. The Labute approximate surface area is 173 Å². The molecule has 0 saturated carbocycles. The van der Waals surface area contributed by atoms with Crippen LogP contribution in [-0.4, -0.2) is 26.7 Å². The van der Waals surface area contributed by atoms with Crippen molar-refractivity contribution in [2.24, 2.45) is 4.99 Å². The predicted molar refractivity (Wildman–Crippen MR) is 118 cm³/mol. The largest absolute Gasteiger partial charge is 0.497 e. The molecule has 1 aromatic carbocycles. The Morgan fingerprint density at radius 3 is 2.38 bits per heavy atom. The number of nitrogens with zero attached hydrogens (tertiary/aromatic N) is 1.